The number of amides is 2. The fourth-order valence-corrected chi connectivity index (χ4v) is 4.62. The Balaban J connectivity index is 0.000000670. The van der Waals surface area contributed by atoms with E-state index in [1.807, 2.05) is 17.5 Å². The van der Waals surface area contributed by atoms with E-state index in [2.05, 4.69) is 15.6 Å². The first-order chi connectivity index (χ1) is 20.8. The SMILES string of the molecule is CCS(=O)(=O)O.O=C(NCc1cccs1)c1cnc2cc(NC(=O)c3ccccc3-c3ccc(C(F)(F)F)cc3)ccc2c1. The molecule has 3 aromatic carbocycles. The molecule has 13 heteroatoms. The number of anilines is 1. The van der Waals surface area contributed by atoms with Crippen LogP contribution in [-0.2, 0) is 22.8 Å². The van der Waals surface area contributed by atoms with Crippen molar-refractivity contribution >= 4 is 49.9 Å². The first kappa shape index (κ1) is 32.3. The molecule has 0 aliphatic rings. The summed E-state index contributed by atoms with van der Waals surface area (Å²) in [5, 5.41) is 8.38. The van der Waals surface area contributed by atoms with Crippen molar-refractivity contribution in [3.63, 3.8) is 0 Å². The Morgan fingerprint density at radius 3 is 2.27 bits per heavy atom. The van der Waals surface area contributed by atoms with Crippen LogP contribution in [0.4, 0.5) is 18.9 Å². The molecule has 0 radical (unpaired) electrons. The molecule has 0 bridgehead atoms. The van der Waals surface area contributed by atoms with Gasteiger partial charge in [0.1, 0.15) is 0 Å². The second-order valence-electron chi connectivity index (χ2n) is 9.34. The largest absolute Gasteiger partial charge is 0.416 e. The van der Waals surface area contributed by atoms with Gasteiger partial charge in [-0.3, -0.25) is 19.1 Å². The van der Waals surface area contributed by atoms with E-state index in [4.69, 9.17) is 4.55 Å². The maximum absolute atomic E-state index is 13.1. The molecule has 0 saturated carbocycles. The molecule has 0 fully saturated rings. The molecular weight excluding hydrogens is 615 g/mol. The maximum Gasteiger partial charge on any atom is 0.416 e. The van der Waals surface area contributed by atoms with Crippen LogP contribution in [-0.4, -0.2) is 35.5 Å². The van der Waals surface area contributed by atoms with Crippen molar-refractivity contribution in [3.05, 3.63) is 118 Å². The van der Waals surface area contributed by atoms with Crippen molar-refractivity contribution in [3.8, 4) is 11.1 Å². The zero-order valence-corrected chi connectivity index (χ0v) is 24.8. The fraction of sp³-hybridized carbons (Fsp3) is 0.129. The Bertz CT molecular complexity index is 1880. The minimum absolute atomic E-state index is 0.201. The Labute approximate surface area is 255 Å². The monoisotopic (exact) mass is 641 g/mol. The van der Waals surface area contributed by atoms with E-state index in [0.29, 0.717) is 40.0 Å². The van der Waals surface area contributed by atoms with Crippen LogP contribution in [0.2, 0.25) is 0 Å². The Hall–Kier alpha value is -4.59. The Kier molecular flexibility index (Phi) is 10.1. The number of carbonyl (C=O) groups is 2. The van der Waals surface area contributed by atoms with Crippen LogP contribution in [0.1, 0.15) is 38.1 Å². The highest BCUT2D eigenvalue weighted by atomic mass is 32.2. The summed E-state index contributed by atoms with van der Waals surface area (Å²) in [5.41, 5.74) is 2.08. The lowest BCUT2D eigenvalue weighted by atomic mass is 9.98. The highest BCUT2D eigenvalue weighted by molar-refractivity contribution is 7.85. The van der Waals surface area contributed by atoms with Crippen molar-refractivity contribution < 1.29 is 35.7 Å². The van der Waals surface area contributed by atoms with E-state index in [9.17, 15) is 31.2 Å². The van der Waals surface area contributed by atoms with Crippen LogP contribution in [0.5, 0.6) is 0 Å². The predicted molar refractivity (Wildman–Crippen MR) is 164 cm³/mol. The second kappa shape index (κ2) is 13.8. The number of alkyl halides is 3. The van der Waals surface area contributed by atoms with Crippen LogP contribution >= 0.6 is 11.3 Å². The van der Waals surface area contributed by atoms with Gasteiger partial charge in [0.25, 0.3) is 21.9 Å². The van der Waals surface area contributed by atoms with Crippen LogP contribution in [0.3, 0.4) is 0 Å². The Morgan fingerprint density at radius 1 is 0.932 bits per heavy atom. The quantitative estimate of drug-likeness (QED) is 0.164. The van der Waals surface area contributed by atoms with Crippen LogP contribution in [0, 0.1) is 0 Å². The molecule has 0 unspecified atom stereocenters. The van der Waals surface area contributed by atoms with Gasteiger partial charge >= 0.3 is 6.18 Å². The summed E-state index contributed by atoms with van der Waals surface area (Å²) in [4.78, 5) is 31.1. The van der Waals surface area contributed by atoms with Gasteiger partial charge in [0, 0.05) is 27.7 Å². The van der Waals surface area contributed by atoms with Crippen molar-refractivity contribution in [1.82, 2.24) is 10.3 Å². The maximum atomic E-state index is 13.1. The number of nitrogens with one attached hydrogen (secondary N) is 2. The van der Waals surface area contributed by atoms with E-state index in [1.165, 1.54) is 25.3 Å². The zero-order chi connectivity index (χ0) is 31.9. The standard InChI is InChI=1S/C29H20F3N3O2S.C2H6O3S/c30-29(31,32)21-10-7-18(8-11-21)24-5-1-2-6-25(24)28(37)35-22-12-9-19-14-20(16-33-26(19)15-22)27(36)34-17-23-4-3-13-38-23;1-2-6(3,4)5/h1-16H,17H2,(H,34,36)(H,35,37);2H2,1H3,(H,3,4,5). The van der Waals surface area contributed by atoms with Gasteiger partial charge in [0.05, 0.1) is 28.9 Å². The number of thiophene rings is 1. The summed E-state index contributed by atoms with van der Waals surface area (Å²) in [6.45, 7) is 1.81. The van der Waals surface area contributed by atoms with Gasteiger partial charge in [-0.1, -0.05) is 42.5 Å². The molecule has 5 aromatic rings. The van der Waals surface area contributed by atoms with Crippen molar-refractivity contribution in [2.75, 3.05) is 11.1 Å². The molecule has 0 atom stereocenters. The fourth-order valence-electron chi connectivity index (χ4n) is 3.98. The van der Waals surface area contributed by atoms with Crippen molar-refractivity contribution in [2.45, 2.75) is 19.6 Å². The molecule has 0 aliphatic carbocycles. The molecule has 228 valence electrons. The summed E-state index contributed by atoms with van der Waals surface area (Å²) in [5.74, 6) is -0.845. The Morgan fingerprint density at radius 2 is 1.64 bits per heavy atom. The number of benzene rings is 3. The molecule has 3 N–H and O–H groups in total. The van der Waals surface area contributed by atoms with Crippen LogP contribution < -0.4 is 10.6 Å². The highest BCUT2D eigenvalue weighted by Crippen LogP contribution is 2.32. The average molecular weight is 642 g/mol. The third-order valence-corrected chi connectivity index (χ3v) is 7.87. The number of pyridine rings is 1. The van der Waals surface area contributed by atoms with Crippen LogP contribution in [0.15, 0.2) is 96.5 Å². The molecule has 0 spiro atoms. The number of halogens is 3. The van der Waals surface area contributed by atoms with E-state index in [-0.39, 0.29) is 11.7 Å². The highest BCUT2D eigenvalue weighted by Gasteiger charge is 2.30. The smallest absolute Gasteiger partial charge is 0.347 e. The summed E-state index contributed by atoms with van der Waals surface area (Å²) >= 11 is 1.56. The number of carbonyl (C=O) groups excluding carboxylic acids is 2. The lowest BCUT2D eigenvalue weighted by molar-refractivity contribution is -0.137. The number of aromatic nitrogens is 1. The lowest BCUT2D eigenvalue weighted by Gasteiger charge is -2.12. The molecule has 2 amide bonds. The van der Waals surface area contributed by atoms with Crippen molar-refractivity contribution in [2.24, 2.45) is 0 Å². The number of nitrogens with zero attached hydrogens (tertiary/aromatic N) is 1. The summed E-state index contributed by atoms with van der Waals surface area (Å²) in [6, 6.07) is 22.2. The molecule has 44 heavy (non-hydrogen) atoms. The average Bonchev–Trinajstić information content (AvgIpc) is 3.53. The number of fused-ring (bicyclic) bond motifs is 1. The molecular formula is C31H26F3N3O5S2. The van der Waals surface area contributed by atoms with Gasteiger partial charge in [-0.15, -0.1) is 11.3 Å². The van der Waals surface area contributed by atoms with Gasteiger partial charge < -0.3 is 10.6 Å². The molecule has 0 saturated heterocycles. The minimum Gasteiger partial charge on any atom is -0.347 e. The third kappa shape index (κ3) is 8.72. The predicted octanol–water partition coefficient (Wildman–Crippen LogP) is 7.06. The lowest BCUT2D eigenvalue weighted by Crippen LogP contribution is -2.22. The second-order valence-corrected chi connectivity index (χ2v) is 12.1. The molecule has 2 heterocycles. The number of rotatable bonds is 7. The normalized spacial score (nSPS) is 11.4. The van der Waals surface area contributed by atoms with Gasteiger partial charge in [-0.05, 0) is 65.9 Å². The molecule has 2 aromatic heterocycles. The third-order valence-electron chi connectivity index (χ3n) is 6.27. The van der Waals surface area contributed by atoms with Gasteiger partial charge in [-0.2, -0.15) is 21.6 Å². The van der Waals surface area contributed by atoms with Gasteiger partial charge in [0.2, 0.25) is 0 Å². The summed E-state index contributed by atoms with van der Waals surface area (Å²) in [6.07, 6.45) is -2.95. The van der Waals surface area contributed by atoms with Gasteiger partial charge in [-0.25, -0.2) is 0 Å². The molecule has 0 aliphatic heterocycles. The number of hydrogen-bond donors (Lipinski definition) is 3. The zero-order valence-electron chi connectivity index (χ0n) is 23.1. The minimum atomic E-state index is -4.44. The topological polar surface area (TPSA) is 125 Å². The number of hydrogen-bond acceptors (Lipinski definition) is 6. The van der Waals surface area contributed by atoms with E-state index in [1.54, 1.807) is 59.9 Å². The van der Waals surface area contributed by atoms with E-state index >= 15 is 0 Å². The molecule has 8 nitrogen and oxygen atoms in total. The summed E-state index contributed by atoms with van der Waals surface area (Å²) < 4.78 is 65.7. The van der Waals surface area contributed by atoms with Crippen LogP contribution in [0.25, 0.3) is 22.0 Å². The first-order valence-electron chi connectivity index (χ1n) is 13.1. The van der Waals surface area contributed by atoms with E-state index < -0.39 is 27.8 Å². The summed E-state index contributed by atoms with van der Waals surface area (Å²) in [7, 11) is -3.66. The molecule has 5 rings (SSSR count). The van der Waals surface area contributed by atoms with E-state index in [0.717, 1.165) is 22.4 Å². The first-order valence-corrected chi connectivity index (χ1v) is 15.6. The van der Waals surface area contributed by atoms with Crippen molar-refractivity contribution in [1.29, 1.82) is 0 Å². The van der Waals surface area contributed by atoms with Gasteiger partial charge in [0.15, 0.2) is 0 Å².